The Hall–Kier alpha value is -1.68. The van der Waals surface area contributed by atoms with Gasteiger partial charge in [-0.15, -0.1) is 11.3 Å². The molecule has 2 aromatic rings. The van der Waals surface area contributed by atoms with Gasteiger partial charge < -0.3 is 5.11 Å². The largest absolute Gasteiger partial charge is 0.481 e. The molecular weight excluding hydrogens is 210 g/mol. The molecular formula is C11H9NO2S. The molecule has 4 heteroatoms. The molecule has 3 nitrogen and oxygen atoms in total. The van der Waals surface area contributed by atoms with Gasteiger partial charge in [-0.05, 0) is 34.7 Å². The van der Waals surface area contributed by atoms with Crippen molar-refractivity contribution in [2.45, 2.75) is 6.42 Å². The third-order valence-corrected chi connectivity index (χ3v) is 2.93. The van der Waals surface area contributed by atoms with E-state index in [0.29, 0.717) is 0 Å². The molecule has 2 aromatic heterocycles. The number of carboxylic acid groups (broad SMARTS) is 1. The maximum absolute atomic E-state index is 10.5. The monoisotopic (exact) mass is 219 g/mol. The van der Waals surface area contributed by atoms with Gasteiger partial charge in [-0.1, -0.05) is 0 Å². The Morgan fingerprint density at radius 1 is 1.33 bits per heavy atom. The number of thiophene rings is 1. The molecule has 2 heterocycles. The molecule has 0 unspecified atom stereocenters. The van der Waals surface area contributed by atoms with E-state index in [0.717, 1.165) is 16.0 Å². The van der Waals surface area contributed by atoms with Gasteiger partial charge in [-0.2, -0.15) is 0 Å². The highest BCUT2D eigenvalue weighted by Crippen LogP contribution is 2.25. The van der Waals surface area contributed by atoms with E-state index in [2.05, 4.69) is 4.98 Å². The first-order valence-corrected chi connectivity index (χ1v) is 5.33. The summed E-state index contributed by atoms with van der Waals surface area (Å²) in [6, 6.07) is 5.73. The standard InChI is InChI=1S/C11H9NO2S/c13-11(14)6-10-5-9(7-15-10)8-1-3-12-4-2-8/h1-5,7H,6H2,(H,13,14). The fourth-order valence-electron chi connectivity index (χ4n) is 1.32. The SMILES string of the molecule is O=C(O)Cc1cc(-c2ccncc2)cs1. The molecule has 0 spiro atoms. The van der Waals surface area contributed by atoms with Gasteiger partial charge in [0.05, 0.1) is 6.42 Å². The Kier molecular flexibility index (Phi) is 2.78. The Balaban J connectivity index is 2.24. The summed E-state index contributed by atoms with van der Waals surface area (Å²) in [4.78, 5) is 15.3. The number of rotatable bonds is 3. The van der Waals surface area contributed by atoms with Gasteiger partial charge in [0.15, 0.2) is 0 Å². The normalized spacial score (nSPS) is 10.1. The van der Waals surface area contributed by atoms with Crippen LogP contribution in [0.5, 0.6) is 0 Å². The van der Waals surface area contributed by atoms with E-state index in [4.69, 9.17) is 5.11 Å². The number of aliphatic carboxylic acids is 1. The van der Waals surface area contributed by atoms with Crippen LogP contribution in [0, 0.1) is 0 Å². The highest BCUT2D eigenvalue weighted by Gasteiger charge is 2.05. The van der Waals surface area contributed by atoms with Crippen molar-refractivity contribution in [3.05, 3.63) is 40.8 Å². The molecule has 15 heavy (non-hydrogen) atoms. The topological polar surface area (TPSA) is 50.2 Å². The van der Waals surface area contributed by atoms with E-state index in [9.17, 15) is 4.79 Å². The summed E-state index contributed by atoms with van der Waals surface area (Å²) in [6.45, 7) is 0. The zero-order valence-electron chi connectivity index (χ0n) is 7.88. The third-order valence-electron chi connectivity index (χ3n) is 1.99. The van der Waals surface area contributed by atoms with Gasteiger partial charge in [0.1, 0.15) is 0 Å². The summed E-state index contributed by atoms with van der Waals surface area (Å²) in [5.41, 5.74) is 2.12. The highest BCUT2D eigenvalue weighted by atomic mass is 32.1. The molecule has 0 amide bonds. The molecule has 0 fully saturated rings. The molecule has 1 N–H and O–H groups in total. The number of aromatic nitrogens is 1. The number of carboxylic acids is 1. The van der Waals surface area contributed by atoms with E-state index >= 15 is 0 Å². The van der Waals surface area contributed by atoms with Crippen LogP contribution < -0.4 is 0 Å². The number of pyridine rings is 1. The predicted octanol–water partition coefficient (Wildman–Crippen LogP) is 2.44. The van der Waals surface area contributed by atoms with Crippen molar-refractivity contribution < 1.29 is 9.90 Å². The molecule has 0 atom stereocenters. The molecule has 2 rings (SSSR count). The van der Waals surface area contributed by atoms with Gasteiger partial charge in [-0.25, -0.2) is 0 Å². The van der Waals surface area contributed by atoms with Crippen LogP contribution in [0.4, 0.5) is 0 Å². The maximum atomic E-state index is 10.5. The number of hydrogen-bond donors (Lipinski definition) is 1. The summed E-state index contributed by atoms with van der Waals surface area (Å²) in [5, 5.41) is 10.6. The highest BCUT2D eigenvalue weighted by molar-refractivity contribution is 7.10. The van der Waals surface area contributed by atoms with E-state index in [1.807, 2.05) is 23.6 Å². The predicted molar refractivity (Wildman–Crippen MR) is 58.9 cm³/mol. The van der Waals surface area contributed by atoms with Crippen molar-refractivity contribution >= 4 is 17.3 Å². The zero-order valence-corrected chi connectivity index (χ0v) is 8.70. The van der Waals surface area contributed by atoms with Gasteiger partial charge in [0.2, 0.25) is 0 Å². The van der Waals surface area contributed by atoms with E-state index in [-0.39, 0.29) is 6.42 Å². The van der Waals surface area contributed by atoms with Crippen LogP contribution in [0.1, 0.15) is 4.88 Å². The lowest BCUT2D eigenvalue weighted by Gasteiger charge is -1.94. The minimum absolute atomic E-state index is 0.0930. The Bertz CT molecular complexity index is 464. The number of hydrogen-bond acceptors (Lipinski definition) is 3. The molecule has 76 valence electrons. The lowest BCUT2D eigenvalue weighted by atomic mass is 10.1. The van der Waals surface area contributed by atoms with Gasteiger partial charge in [0, 0.05) is 17.3 Å². The van der Waals surface area contributed by atoms with Gasteiger partial charge in [-0.3, -0.25) is 9.78 Å². The summed E-state index contributed by atoms with van der Waals surface area (Å²) >= 11 is 1.47. The second-order valence-corrected chi connectivity index (χ2v) is 4.10. The molecule has 0 aromatic carbocycles. The molecule has 0 aliphatic rings. The lowest BCUT2D eigenvalue weighted by molar-refractivity contribution is -0.136. The van der Waals surface area contributed by atoms with Crippen LogP contribution >= 0.6 is 11.3 Å². The molecule has 0 aliphatic carbocycles. The number of carbonyl (C=O) groups is 1. The number of nitrogens with zero attached hydrogens (tertiary/aromatic N) is 1. The van der Waals surface area contributed by atoms with Crippen molar-refractivity contribution in [3.8, 4) is 11.1 Å². The fourth-order valence-corrected chi connectivity index (χ4v) is 2.20. The average molecular weight is 219 g/mol. The van der Waals surface area contributed by atoms with Crippen molar-refractivity contribution in [1.82, 2.24) is 4.98 Å². The first kappa shape index (κ1) is 9.86. The van der Waals surface area contributed by atoms with Crippen molar-refractivity contribution in [3.63, 3.8) is 0 Å². The van der Waals surface area contributed by atoms with Crippen molar-refractivity contribution in [2.24, 2.45) is 0 Å². The molecule has 0 saturated heterocycles. The molecule has 0 saturated carbocycles. The minimum atomic E-state index is -0.793. The van der Waals surface area contributed by atoms with Gasteiger partial charge in [0.25, 0.3) is 0 Å². The van der Waals surface area contributed by atoms with E-state index in [1.165, 1.54) is 11.3 Å². The van der Waals surface area contributed by atoms with Crippen LogP contribution in [0.15, 0.2) is 36.0 Å². The van der Waals surface area contributed by atoms with Crippen molar-refractivity contribution in [1.29, 1.82) is 0 Å². The van der Waals surface area contributed by atoms with E-state index < -0.39 is 5.97 Å². The van der Waals surface area contributed by atoms with Crippen LogP contribution in [-0.4, -0.2) is 16.1 Å². The van der Waals surface area contributed by atoms with Crippen LogP contribution in [0.2, 0.25) is 0 Å². The Morgan fingerprint density at radius 2 is 2.07 bits per heavy atom. The second kappa shape index (κ2) is 4.23. The van der Waals surface area contributed by atoms with Crippen LogP contribution in [-0.2, 0) is 11.2 Å². The summed E-state index contributed by atoms with van der Waals surface area (Å²) in [5.74, 6) is -0.793. The minimum Gasteiger partial charge on any atom is -0.481 e. The lowest BCUT2D eigenvalue weighted by Crippen LogP contribution is -1.97. The quantitative estimate of drug-likeness (QED) is 0.862. The summed E-state index contributed by atoms with van der Waals surface area (Å²) in [7, 11) is 0. The van der Waals surface area contributed by atoms with Crippen molar-refractivity contribution in [2.75, 3.05) is 0 Å². The Morgan fingerprint density at radius 3 is 2.73 bits per heavy atom. The fraction of sp³-hybridized carbons (Fsp3) is 0.0909. The summed E-state index contributed by atoms with van der Waals surface area (Å²) < 4.78 is 0. The second-order valence-electron chi connectivity index (χ2n) is 3.11. The zero-order chi connectivity index (χ0) is 10.7. The summed E-state index contributed by atoms with van der Waals surface area (Å²) in [6.07, 6.45) is 3.55. The first-order chi connectivity index (χ1) is 7.25. The van der Waals surface area contributed by atoms with Gasteiger partial charge >= 0.3 is 5.97 Å². The van der Waals surface area contributed by atoms with E-state index in [1.54, 1.807) is 12.4 Å². The Labute approximate surface area is 91.0 Å². The molecule has 0 aliphatic heterocycles. The third kappa shape index (κ3) is 2.41. The average Bonchev–Trinajstić information content (AvgIpc) is 2.67. The van der Waals surface area contributed by atoms with Crippen LogP contribution in [0.25, 0.3) is 11.1 Å². The van der Waals surface area contributed by atoms with Crippen LogP contribution in [0.3, 0.4) is 0 Å². The molecule has 0 bridgehead atoms. The smallest absolute Gasteiger partial charge is 0.308 e. The first-order valence-electron chi connectivity index (χ1n) is 4.45. The molecule has 0 radical (unpaired) electrons. The maximum Gasteiger partial charge on any atom is 0.308 e.